The molecule has 2 amide bonds. The van der Waals surface area contributed by atoms with Crippen LogP contribution in [0, 0.1) is 24.2 Å². The minimum Gasteiger partial charge on any atom is -0.481 e. The van der Waals surface area contributed by atoms with Crippen LogP contribution < -0.4 is 5.32 Å². The van der Waals surface area contributed by atoms with E-state index in [0.717, 1.165) is 12.5 Å². The molecule has 0 radical (unpaired) electrons. The van der Waals surface area contributed by atoms with Crippen molar-refractivity contribution in [3.63, 3.8) is 0 Å². The van der Waals surface area contributed by atoms with E-state index in [9.17, 15) is 18.0 Å². The molecule has 1 unspecified atom stereocenters. The van der Waals surface area contributed by atoms with Gasteiger partial charge in [0.1, 0.15) is 0 Å². The molecule has 11 heteroatoms. The molecule has 2 aromatic rings. The van der Waals surface area contributed by atoms with Crippen LogP contribution in [-0.4, -0.2) is 66.7 Å². The number of anilines is 1. The number of carboxylic acid groups (broad SMARTS) is 1. The highest BCUT2D eigenvalue weighted by Gasteiger charge is 2.34. The van der Waals surface area contributed by atoms with Crippen molar-refractivity contribution in [2.24, 2.45) is 5.92 Å². The number of carbonyl (C=O) groups excluding carboxylic acids is 2. The lowest BCUT2D eigenvalue weighted by molar-refractivity contribution is -0.136. The molecule has 0 bridgehead atoms. The van der Waals surface area contributed by atoms with Crippen molar-refractivity contribution in [1.82, 2.24) is 9.21 Å². The molecule has 1 fully saturated rings. The Kier molecular flexibility index (Phi) is 11.0. The standard InChI is InChI=1S/C25H30N4O4S.C2H4O2/c1-4-28(5-2)25(31)21-7-6-14-29(17-21)34(32,33)22-11-9-20(10-12-22)24(30)27-23-13-8-19(16-26)15-18(23)3;1-2(3)4/h8-13,15,21H,4-7,14,17H2,1-3H3,(H,27,30);1H3,(H,3,4). The predicted octanol–water partition coefficient (Wildman–Crippen LogP) is 3.48. The number of aryl methyl sites for hydroxylation is 1. The Bertz CT molecular complexity index is 1290. The SMILES string of the molecule is CC(=O)O.CCN(CC)C(=O)C1CCCN(S(=O)(=O)c2ccc(C(=O)Nc3ccc(C#N)cc3C)cc2)C1. The molecule has 10 nitrogen and oxygen atoms in total. The first-order valence-electron chi connectivity index (χ1n) is 12.3. The third-order valence-electron chi connectivity index (χ3n) is 6.17. The zero-order valence-electron chi connectivity index (χ0n) is 22.1. The summed E-state index contributed by atoms with van der Waals surface area (Å²) < 4.78 is 27.8. The van der Waals surface area contributed by atoms with Gasteiger partial charge in [0, 0.05) is 44.4 Å². The average molecular weight is 543 g/mol. The topological polar surface area (TPSA) is 148 Å². The van der Waals surface area contributed by atoms with E-state index in [4.69, 9.17) is 15.2 Å². The molecule has 1 aliphatic rings. The number of nitriles is 1. The van der Waals surface area contributed by atoms with Crippen molar-refractivity contribution in [3.05, 3.63) is 59.2 Å². The Labute approximate surface area is 223 Å². The molecule has 3 rings (SSSR count). The number of rotatable bonds is 7. The van der Waals surface area contributed by atoms with Crippen LogP contribution in [0.5, 0.6) is 0 Å². The average Bonchev–Trinajstić information content (AvgIpc) is 2.90. The quantitative estimate of drug-likeness (QED) is 0.544. The first-order chi connectivity index (χ1) is 17.9. The van der Waals surface area contributed by atoms with Gasteiger partial charge in [0.25, 0.3) is 11.9 Å². The first kappa shape index (κ1) is 30.5. The number of carbonyl (C=O) groups is 3. The van der Waals surface area contributed by atoms with E-state index in [1.807, 2.05) is 13.8 Å². The normalized spacial score (nSPS) is 15.4. The molecule has 0 aliphatic carbocycles. The molecule has 204 valence electrons. The fourth-order valence-corrected chi connectivity index (χ4v) is 5.67. The van der Waals surface area contributed by atoms with Crippen molar-refractivity contribution < 1.29 is 27.9 Å². The van der Waals surface area contributed by atoms with Crippen LogP contribution in [0.15, 0.2) is 47.4 Å². The number of sulfonamides is 1. The van der Waals surface area contributed by atoms with Crippen LogP contribution in [-0.2, 0) is 19.6 Å². The number of benzene rings is 2. The number of amides is 2. The van der Waals surface area contributed by atoms with E-state index in [2.05, 4.69) is 11.4 Å². The Balaban J connectivity index is 0.00000118. The molecule has 0 aromatic heterocycles. The maximum atomic E-state index is 13.2. The highest BCUT2D eigenvalue weighted by Crippen LogP contribution is 2.26. The maximum Gasteiger partial charge on any atom is 0.300 e. The van der Waals surface area contributed by atoms with Crippen LogP contribution in [0.25, 0.3) is 0 Å². The third kappa shape index (κ3) is 7.87. The highest BCUT2D eigenvalue weighted by molar-refractivity contribution is 7.89. The lowest BCUT2D eigenvalue weighted by Crippen LogP contribution is -2.46. The maximum absolute atomic E-state index is 13.2. The van der Waals surface area contributed by atoms with E-state index in [1.54, 1.807) is 30.0 Å². The van der Waals surface area contributed by atoms with E-state index < -0.39 is 16.0 Å². The summed E-state index contributed by atoms with van der Waals surface area (Å²) in [7, 11) is -3.78. The summed E-state index contributed by atoms with van der Waals surface area (Å²) in [6, 6.07) is 12.8. The smallest absolute Gasteiger partial charge is 0.300 e. The lowest BCUT2D eigenvalue weighted by Gasteiger charge is -2.33. The summed E-state index contributed by atoms with van der Waals surface area (Å²) in [6.45, 7) is 8.44. The van der Waals surface area contributed by atoms with Gasteiger partial charge in [0.2, 0.25) is 15.9 Å². The van der Waals surface area contributed by atoms with Gasteiger partial charge in [-0.25, -0.2) is 8.42 Å². The van der Waals surface area contributed by atoms with E-state index in [-0.39, 0.29) is 29.2 Å². The summed E-state index contributed by atoms with van der Waals surface area (Å²) in [5, 5.41) is 19.2. The van der Waals surface area contributed by atoms with Gasteiger partial charge in [0.05, 0.1) is 22.4 Å². The summed E-state index contributed by atoms with van der Waals surface area (Å²) in [6.07, 6.45) is 1.30. The number of piperidine rings is 1. The molecule has 0 saturated carbocycles. The molecule has 0 spiro atoms. The molecule has 1 saturated heterocycles. The second-order valence-electron chi connectivity index (χ2n) is 8.85. The fraction of sp³-hybridized carbons (Fsp3) is 0.407. The molecule has 2 N–H and O–H groups in total. The number of hydrogen-bond acceptors (Lipinski definition) is 6. The van der Waals surface area contributed by atoms with Gasteiger partial charge >= 0.3 is 0 Å². The molecular formula is C27H34N4O6S. The molecule has 1 heterocycles. The number of nitrogens with one attached hydrogen (secondary N) is 1. The zero-order chi connectivity index (χ0) is 28.5. The van der Waals surface area contributed by atoms with Gasteiger partial charge in [-0.15, -0.1) is 0 Å². The second kappa shape index (κ2) is 13.7. The molecule has 38 heavy (non-hydrogen) atoms. The minimum atomic E-state index is -3.78. The van der Waals surface area contributed by atoms with Crippen LogP contribution in [0.2, 0.25) is 0 Å². The number of hydrogen-bond donors (Lipinski definition) is 2. The first-order valence-corrected chi connectivity index (χ1v) is 13.8. The van der Waals surface area contributed by atoms with Gasteiger partial charge in [0.15, 0.2) is 0 Å². The zero-order valence-corrected chi connectivity index (χ0v) is 22.9. The van der Waals surface area contributed by atoms with E-state index in [1.165, 1.54) is 28.6 Å². The van der Waals surface area contributed by atoms with Crippen molar-refractivity contribution >= 4 is 33.5 Å². The van der Waals surface area contributed by atoms with Crippen molar-refractivity contribution in [1.29, 1.82) is 5.26 Å². The largest absolute Gasteiger partial charge is 0.481 e. The fourth-order valence-electron chi connectivity index (χ4n) is 4.15. The summed E-state index contributed by atoms with van der Waals surface area (Å²) in [5.74, 6) is -1.56. The highest BCUT2D eigenvalue weighted by atomic mass is 32.2. The van der Waals surface area contributed by atoms with Gasteiger partial charge < -0.3 is 15.3 Å². The summed E-state index contributed by atoms with van der Waals surface area (Å²) >= 11 is 0. The van der Waals surface area contributed by atoms with Gasteiger partial charge in [-0.2, -0.15) is 9.57 Å². The van der Waals surface area contributed by atoms with Crippen molar-refractivity contribution in [2.75, 3.05) is 31.5 Å². The number of nitrogens with zero attached hydrogens (tertiary/aromatic N) is 3. The van der Waals surface area contributed by atoms with Crippen LogP contribution in [0.1, 0.15) is 55.1 Å². The lowest BCUT2D eigenvalue weighted by atomic mass is 9.98. The van der Waals surface area contributed by atoms with Gasteiger partial charge in [-0.3, -0.25) is 14.4 Å². The monoisotopic (exact) mass is 542 g/mol. The minimum absolute atomic E-state index is 0.00462. The second-order valence-corrected chi connectivity index (χ2v) is 10.8. The third-order valence-corrected chi connectivity index (χ3v) is 8.05. The van der Waals surface area contributed by atoms with Crippen LogP contribution in [0.4, 0.5) is 5.69 Å². The van der Waals surface area contributed by atoms with E-state index in [0.29, 0.717) is 49.3 Å². The molecule has 1 aliphatic heterocycles. The van der Waals surface area contributed by atoms with E-state index >= 15 is 0 Å². The Morgan fingerprint density at radius 1 is 1.13 bits per heavy atom. The predicted molar refractivity (Wildman–Crippen MR) is 143 cm³/mol. The Hall–Kier alpha value is -3.75. The number of aliphatic carboxylic acids is 1. The molecular weight excluding hydrogens is 508 g/mol. The Morgan fingerprint density at radius 3 is 2.26 bits per heavy atom. The molecule has 1 atom stereocenters. The summed E-state index contributed by atoms with van der Waals surface area (Å²) in [4.78, 5) is 36.2. The van der Waals surface area contributed by atoms with Gasteiger partial charge in [-0.1, -0.05) is 0 Å². The van der Waals surface area contributed by atoms with Crippen molar-refractivity contribution in [2.45, 2.75) is 45.4 Å². The van der Waals surface area contributed by atoms with Gasteiger partial charge in [-0.05, 0) is 81.6 Å². The number of carboxylic acids is 1. The van der Waals surface area contributed by atoms with Crippen LogP contribution >= 0.6 is 0 Å². The van der Waals surface area contributed by atoms with Crippen molar-refractivity contribution in [3.8, 4) is 6.07 Å². The van der Waals surface area contributed by atoms with Crippen LogP contribution in [0.3, 0.4) is 0 Å². The molecule has 2 aromatic carbocycles. The Morgan fingerprint density at radius 2 is 1.74 bits per heavy atom. The summed E-state index contributed by atoms with van der Waals surface area (Å²) in [5.41, 5.74) is 2.16.